The van der Waals surface area contributed by atoms with Crippen molar-refractivity contribution in [2.24, 2.45) is 4.99 Å². The van der Waals surface area contributed by atoms with Gasteiger partial charge in [-0.15, -0.1) is 0 Å². The van der Waals surface area contributed by atoms with Crippen LogP contribution in [0.1, 0.15) is 12.0 Å². The number of phenolic OH excluding ortho intramolecular Hbond substituents is 1. The van der Waals surface area contributed by atoms with Crippen molar-refractivity contribution in [1.82, 2.24) is 0 Å². The van der Waals surface area contributed by atoms with Crippen LogP contribution in [0.25, 0.3) is 0 Å². The number of nitrogens with zero attached hydrogens (tertiary/aromatic N) is 1. The summed E-state index contributed by atoms with van der Waals surface area (Å²) < 4.78 is 5.19. The second kappa shape index (κ2) is 4.86. The van der Waals surface area contributed by atoms with Crippen LogP contribution >= 0.6 is 0 Å². The summed E-state index contributed by atoms with van der Waals surface area (Å²) in [4.78, 5) is 14.7. The third-order valence-corrected chi connectivity index (χ3v) is 2.45. The molecule has 0 amide bonds. The molecule has 5 heteroatoms. The summed E-state index contributed by atoms with van der Waals surface area (Å²) in [6, 6.07) is 6.87. The average molecular weight is 235 g/mol. The Hall–Kier alpha value is -2.04. The predicted molar refractivity (Wildman–Crippen MR) is 61.2 cm³/mol. The molecule has 1 atom stereocenters. The Morgan fingerprint density at radius 1 is 1.53 bits per heavy atom. The van der Waals surface area contributed by atoms with Crippen molar-refractivity contribution >= 4 is 11.9 Å². The quantitative estimate of drug-likeness (QED) is 0.822. The Balaban J connectivity index is 1.97. The number of aromatic hydroxyl groups is 1. The zero-order valence-corrected chi connectivity index (χ0v) is 9.17. The van der Waals surface area contributed by atoms with Gasteiger partial charge in [0.25, 0.3) is 0 Å². The van der Waals surface area contributed by atoms with Crippen LogP contribution in [-0.4, -0.2) is 34.7 Å². The van der Waals surface area contributed by atoms with E-state index >= 15 is 0 Å². The van der Waals surface area contributed by atoms with E-state index in [1.54, 1.807) is 18.2 Å². The molecule has 0 bridgehead atoms. The first-order valence-electron chi connectivity index (χ1n) is 5.32. The second-order valence-corrected chi connectivity index (χ2v) is 3.93. The molecule has 1 unspecified atom stereocenters. The van der Waals surface area contributed by atoms with E-state index in [1.165, 1.54) is 0 Å². The molecule has 0 radical (unpaired) electrons. The fourth-order valence-electron chi connectivity index (χ4n) is 1.76. The maximum Gasteiger partial charge on any atom is 0.312 e. The fraction of sp³-hybridized carbons (Fsp3) is 0.333. The van der Waals surface area contributed by atoms with Crippen molar-refractivity contribution in [2.45, 2.75) is 18.9 Å². The molecule has 1 aromatic carbocycles. The van der Waals surface area contributed by atoms with Gasteiger partial charge in [0, 0.05) is 0 Å². The third-order valence-electron chi connectivity index (χ3n) is 2.45. The molecule has 5 nitrogen and oxygen atoms in total. The van der Waals surface area contributed by atoms with Crippen LogP contribution in [-0.2, 0) is 16.0 Å². The van der Waals surface area contributed by atoms with Gasteiger partial charge < -0.3 is 14.9 Å². The van der Waals surface area contributed by atoms with Crippen LogP contribution in [0.3, 0.4) is 0 Å². The molecular formula is C12H13NO4. The monoisotopic (exact) mass is 235 g/mol. The molecule has 1 aliphatic heterocycles. The molecule has 2 N–H and O–H groups in total. The van der Waals surface area contributed by atoms with E-state index in [4.69, 9.17) is 9.84 Å². The first kappa shape index (κ1) is 11.4. The van der Waals surface area contributed by atoms with Crippen molar-refractivity contribution in [3.63, 3.8) is 0 Å². The Morgan fingerprint density at radius 3 is 3.06 bits per heavy atom. The van der Waals surface area contributed by atoms with Crippen LogP contribution in [0.2, 0.25) is 0 Å². The number of carboxylic acid groups (broad SMARTS) is 1. The van der Waals surface area contributed by atoms with E-state index in [0.717, 1.165) is 5.56 Å². The van der Waals surface area contributed by atoms with Gasteiger partial charge in [-0.05, 0) is 24.1 Å². The molecule has 0 fully saturated rings. The largest absolute Gasteiger partial charge is 0.508 e. The molecule has 17 heavy (non-hydrogen) atoms. The van der Waals surface area contributed by atoms with Gasteiger partial charge in [0.2, 0.25) is 0 Å². The van der Waals surface area contributed by atoms with E-state index in [2.05, 4.69) is 4.99 Å². The van der Waals surface area contributed by atoms with Crippen molar-refractivity contribution in [2.75, 3.05) is 6.61 Å². The number of phenols is 1. The van der Waals surface area contributed by atoms with Crippen LogP contribution in [0.4, 0.5) is 0 Å². The zero-order valence-electron chi connectivity index (χ0n) is 9.17. The summed E-state index contributed by atoms with van der Waals surface area (Å²) in [5.74, 6) is -0.444. The lowest BCUT2D eigenvalue weighted by Crippen LogP contribution is -2.10. The van der Waals surface area contributed by atoms with Crippen molar-refractivity contribution in [1.29, 1.82) is 0 Å². The SMILES string of the molecule is O=C(O)CC1=NC(Cc2cccc(O)c2)CO1. The zero-order chi connectivity index (χ0) is 12.3. The highest BCUT2D eigenvalue weighted by Gasteiger charge is 2.20. The summed E-state index contributed by atoms with van der Waals surface area (Å²) in [5, 5.41) is 17.9. The third kappa shape index (κ3) is 3.21. The fourth-order valence-corrected chi connectivity index (χ4v) is 1.76. The van der Waals surface area contributed by atoms with E-state index < -0.39 is 5.97 Å². The molecule has 0 spiro atoms. The van der Waals surface area contributed by atoms with Gasteiger partial charge in [0.15, 0.2) is 5.90 Å². The first-order chi connectivity index (χ1) is 8.13. The number of aliphatic imine (C=N–C) groups is 1. The van der Waals surface area contributed by atoms with Crippen LogP contribution < -0.4 is 0 Å². The van der Waals surface area contributed by atoms with Crippen LogP contribution in [0.5, 0.6) is 5.75 Å². The summed E-state index contributed by atoms with van der Waals surface area (Å²) in [7, 11) is 0. The Morgan fingerprint density at radius 2 is 2.35 bits per heavy atom. The minimum absolute atomic E-state index is 0.0638. The number of ether oxygens (including phenoxy) is 1. The van der Waals surface area contributed by atoms with Crippen LogP contribution in [0, 0.1) is 0 Å². The smallest absolute Gasteiger partial charge is 0.312 e. The molecular weight excluding hydrogens is 222 g/mol. The number of rotatable bonds is 4. The number of aliphatic carboxylic acids is 1. The minimum atomic E-state index is -0.943. The highest BCUT2D eigenvalue weighted by atomic mass is 16.5. The second-order valence-electron chi connectivity index (χ2n) is 3.93. The number of hydrogen-bond donors (Lipinski definition) is 2. The predicted octanol–water partition coefficient (Wildman–Crippen LogP) is 1.21. The maximum atomic E-state index is 10.5. The van der Waals surface area contributed by atoms with Crippen molar-refractivity contribution in [3.8, 4) is 5.75 Å². The Labute approximate surface area is 98.4 Å². The van der Waals surface area contributed by atoms with Crippen molar-refractivity contribution in [3.05, 3.63) is 29.8 Å². The highest BCUT2D eigenvalue weighted by Crippen LogP contribution is 2.16. The minimum Gasteiger partial charge on any atom is -0.508 e. The Kier molecular flexibility index (Phi) is 3.27. The molecule has 0 saturated heterocycles. The maximum absolute atomic E-state index is 10.5. The first-order valence-corrected chi connectivity index (χ1v) is 5.32. The lowest BCUT2D eigenvalue weighted by molar-refractivity contribution is -0.135. The topological polar surface area (TPSA) is 79.1 Å². The van der Waals surface area contributed by atoms with E-state index in [1.807, 2.05) is 6.07 Å². The van der Waals surface area contributed by atoms with Gasteiger partial charge in [-0.3, -0.25) is 4.79 Å². The normalized spacial score (nSPS) is 18.6. The molecule has 90 valence electrons. The average Bonchev–Trinajstić information content (AvgIpc) is 2.64. The lowest BCUT2D eigenvalue weighted by Gasteiger charge is -2.05. The number of carbonyl (C=O) groups is 1. The molecule has 1 aliphatic rings. The van der Waals surface area contributed by atoms with E-state index in [0.29, 0.717) is 13.0 Å². The Bertz CT molecular complexity index is 456. The summed E-state index contributed by atoms with van der Waals surface area (Å²) in [6.45, 7) is 0.401. The van der Waals surface area contributed by atoms with E-state index in [9.17, 15) is 9.90 Å². The van der Waals surface area contributed by atoms with E-state index in [-0.39, 0.29) is 24.1 Å². The van der Waals surface area contributed by atoms with Crippen LogP contribution in [0.15, 0.2) is 29.3 Å². The van der Waals surface area contributed by atoms with Crippen molar-refractivity contribution < 1.29 is 19.7 Å². The number of hydrogen-bond acceptors (Lipinski definition) is 4. The standard InChI is InChI=1S/C12H13NO4/c14-10-3-1-2-8(5-10)4-9-7-17-11(13-9)6-12(15)16/h1-3,5,9,14H,4,6-7H2,(H,15,16). The van der Waals surface area contributed by atoms with Gasteiger partial charge in [0.05, 0.1) is 6.04 Å². The lowest BCUT2D eigenvalue weighted by atomic mass is 10.1. The summed E-state index contributed by atoms with van der Waals surface area (Å²) >= 11 is 0. The highest BCUT2D eigenvalue weighted by molar-refractivity contribution is 5.94. The molecule has 2 rings (SSSR count). The van der Waals surface area contributed by atoms with Gasteiger partial charge in [-0.1, -0.05) is 12.1 Å². The summed E-state index contributed by atoms with van der Waals surface area (Å²) in [6.07, 6.45) is 0.466. The molecule has 1 heterocycles. The number of carboxylic acids is 1. The summed E-state index contributed by atoms with van der Waals surface area (Å²) in [5.41, 5.74) is 0.957. The molecule has 0 saturated carbocycles. The van der Waals surface area contributed by atoms with Gasteiger partial charge in [-0.2, -0.15) is 0 Å². The van der Waals surface area contributed by atoms with Gasteiger partial charge in [-0.25, -0.2) is 4.99 Å². The molecule has 0 aromatic heterocycles. The molecule has 1 aromatic rings. The number of benzene rings is 1. The van der Waals surface area contributed by atoms with Gasteiger partial charge in [0.1, 0.15) is 18.8 Å². The van der Waals surface area contributed by atoms with Gasteiger partial charge >= 0.3 is 5.97 Å². The molecule has 0 aliphatic carbocycles.